The molecule has 2 aromatic heterocycles. The summed E-state index contributed by atoms with van der Waals surface area (Å²) in [7, 11) is 0. The number of benzene rings is 1. The fourth-order valence-electron chi connectivity index (χ4n) is 1.87. The Morgan fingerprint density at radius 3 is 2.65 bits per heavy atom. The Labute approximate surface area is 115 Å². The first-order valence-electron chi connectivity index (χ1n) is 6.28. The number of rotatable bonds is 4. The van der Waals surface area contributed by atoms with E-state index in [0.717, 1.165) is 11.4 Å². The molecule has 2 heterocycles. The second kappa shape index (κ2) is 5.52. The molecule has 100 valence electrons. The van der Waals surface area contributed by atoms with E-state index in [1.165, 1.54) is 6.07 Å². The van der Waals surface area contributed by atoms with Crippen molar-refractivity contribution in [1.82, 2.24) is 14.8 Å². The maximum atomic E-state index is 12.9. The quantitative estimate of drug-likeness (QED) is 0.740. The molecule has 0 bridgehead atoms. The molecule has 20 heavy (non-hydrogen) atoms. The second-order valence-corrected chi connectivity index (χ2v) is 4.29. The molecule has 0 saturated carbocycles. The average Bonchev–Trinajstić information content (AvgIpc) is 2.95. The van der Waals surface area contributed by atoms with Gasteiger partial charge < -0.3 is 5.32 Å². The van der Waals surface area contributed by atoms with Gasteiger partial charge in [-0.2, -0.15) is 9.49 Å². The summed E-state index contributed by atoms with van der Waals surface area (Å²) in [6.45, 7) is 0.496. The van der Waals surface area contributed by atoms with Crippen LogP contribution in [0.2, 0.25) is 0 Å². The minimum Gasteiger partial charge on any atom is -0.364 e. The summed E-state index contributed by atoms with van der Waals surface area (Å²) in [4.78, 5) is 3.74. The number of pyridine rings is 1. The number of hydrogen-bond acceptors (Lipinski definition) is 3. The van der Waals surface area contributed by atoms with Crippen molar-refractivity contribution < 1.29 is 4.39 Å². The maximum absolute atomic E-state index is 12.9. The predicted molar refractivity (Wildman–Crippen MR) is 75.1 cm³/mol. The topological polar surface area (TPSA) is 42.7 Å². The molecule has 0 atom stereocenters. The molecule has 1 N–H and O–H groups in total. The van der Waals surface area contributed by atoms with Crippen molar-refractivity contribution in [1.29, 1.82) is 0 Å². The monoisotopic (exact) mass is 268 g/mol. The van der Waals surface area contributed by atoms with Gasteiger partial charge in [0.25, 0.3) is 0 Å². The highest BCUT2D eigenvalue weighted by Gasteiger charge is 2.02. The zero-order chi connectivity index (χ0) is 13.8. The summed E-state index contributed by atoms with van der Waals surface area (Å²) < 4.78 is 14.7. The molecular formula is C15H13FN4. The van der Waals surface area contributed by atoms with E-state index in [0.29, 0.717) is 12.4 Å². The van der Waals surface area contributed by atoms with E-state index in [1.807, 2.05) is 42.6 Å². The van der Waals surface area contributed by atoms with E-state index < -0.39 is 5.95 Å². The first kappa shape index (κ1) is 12.3. The SMILES string of the molecule is Fc1cccc(NCc2ccn(-c3ccccc3)n2)n1. The third-order valence-corrected chi connectivity index (χ3v) is 2.83. The molecule has 0 amide bonds. The normalized spacial score (nSPS) is 10.4. The molecule has 1 aromatic carbocycles. The number of anilines is 1. The number of nitrogens with zero attached hydrogens (tertiary/aromatic N) is 3. The lowest BCUT2D eigenvalue weighted by Crippen LogP contribution is -2.03. The Hall–Kier alpha value is -2.69. The van der Waals surface area contributed by atoms with Gasteiger partial charge in [0, 0.05) is 6.20 Å². The number of para-hydroxylation sites is 1. The lowest BCUT2D eigenvalue weighted by atomic mass is 10.3. The summed E-state index contributed by atoms with van der Waals surface area (Å²) in [6, 6.07) is 16.4. The van der Waals surface area contributed by atoms with Crippen molar-refractivity contribution in [3.8, 4) is 5.69 Å². The molecule has 0 saturated heterocycles. The number of nitrogens with one attached hydrogen (secondary N) is 1. The van der Waals surface area contributed by atoms with Gasteiger partial charge in [-0.05, 0) is 30.3 Å². The third kappa shape index (κ3) is 2.83. The van der Waals surface area contributed by atoms with Crippen molar-refractivity contribution in [3.63, 3.8) is 0 Å². The van der Waals surface area contributed by atoms with Crippen LogP contribution < -0.4 is 5.32 Å². The van der Waals surface area contributed by atoms with Crippen molar-refractivity contribution >= 4 is 5.82 Å². The van der Waals surface area contributed by atoms with Gasteiger partial charge in [-0.25, -0.2) is 9.67 Å². The van der Waals surface area contributed by atoms with Crippen LogP contribution in [0.15, 0.2) is 60.8 Å². The molecular weight excluding hydrogens is 255 g/mol. The van der Waals surface area contributed by atoms with Gasteiger partial charge in [0.1, 0.15) is 5.82 Å². The summed E-state index contributed by atoms with van der Waals surface area (Å²) in [5.74, 6) is 0.00377. The fraction of sp³-hybridized carbons (Fsp3) is 0.0667. The minimum atomic E-state index is -0.496. The minimum absolute atomic E-state index is 0.496. The molecule has 3 rings (SSSR count). The van der Waals surface area contributed by atoms with E-state index in [2.05, 4.69) is 15.4 Å². The molecule has 0 fully saturated rings. The number of aromatic nitrogens is 3. The highest BCUT2D eigenvalue weighted by Crippen LogP contribution is 2.09. The number of hydrogen-bond donors (Lipinski definition) is 1. The summed E-state index contributed by atoms with van der Waals surface area (Å²) in [5, 5.41) is 7.49. The molecule has 3 aromatic rings. The molecule has 0 radical (unpaired) electrons. The van der Waals surface area contributed by atoms with Gasteiger partial charge in [0.15, 0.2) is 0 Å². The first-order chi connectivity index (χ1) is 9.81. The van der Waals surface area contributed by atoms with Crippen LogP contribution in [-0.4, -0.2) is 14.8 Å². The van der Waals surface area contributed by atoms with Crippen molar-refractivity contribution in [2.45, 2.75) is 6.54 Å². The first-order valence-corrected chi connectivity index (χ1v) is 6.28. The van der Waals surface area contributed by atoms with E-state index in [4.69, 9.17) is 0 Å². The van der Waals surface area contributed by atoms with Crippen LogP contribution >= 0.6 is 0 Å². The average molecular weight is 268 g/mol. The standard InChI is InChI=1S/C15H13FN4/c16-14-7-4-8-15(18-14)17-11-12-9-10-20(19-12)13-5-2-1-3-6-13/h1-10H,11H2,(H,17,18). The molecule has 0 aliphatic carbocycles. The van der Waals surface area contributed by atoms with Gasteiger partial charge >= 0.3 is 0 Å². The van der Waals surface area contributed by atoms with Gasteiger partial charge in [-0.1, -0.05) is 24.3 Å². The van der Waals surface area contributed by atoms with E-state index in [1.54, 1.807) is 16.8 Å². The zero-order valence-corrected chi connectivity index (χ0v) is 10.7. The van der Waals surface area contributed by atoms with Crippen LogP contribution in [0, 0.1) is 5.95 Å². The Bertz CT molecular complexity index is 694. The summed E-state index contributed by atoms with van der Waals surface area (Å²) >= 11 is 0. The lowest BCUT2D eigenvalue weighted by molar-refractivity contribution is 0.585. The Balaban J connectivity index is 1.69. The van der Waals surface area contributed by atoms with Crippen molar-refractivity contribution in [3.05, 3.63) is 72.4 Å². The molecule has 5 heteroatoms. The van der Waals surface area contributed by atoms with Gasteiger partial charge in [0.05, 0.1) is 17.9 Å². The van der Waals surface area contributed by atoms with E-state index >= 15 is 0 Å². The largest absolute Gasteiger partial charge is 0.364 e. The lowest BCUT2D eigenvalue weighted by Gasteiger charge is -2.03. The van der Waals surface area contributed by atoms with Crippen LogP contribution in [0.5, 0.6) is 0 Å². The van der Waals surface area contributed by atoms with Crippen LogP contribution in [0.3, 0.4) is 0 Å². The van der Waals surface area contributed by atoms with E-state index in [9.17, 15) is 4.39 Å². The van der Waals surface area contributed by atoms with Gasteiger partial charge in [0.2, 0.25) is 5.95 Å². The molecule has 0 aliphatic rings. The van der Waals surface area contributed by atoms with Crippen LogP contribution in [0.4, 0.5) is 10.2 Å². The molecule has 0 aliphatic heterocycles. The van der Waals surface area contributed by atoms with Crippen molar-refractivity contribution in [2.24, 2.45) is 0 Å². The van der Waals surface area contributed by atoms with Crippen LogP contribution in [0.25, 0.3) is 5.69 Å². The molecule has 0 unspecified atom stereocenters. The van der Waals surface area contributed by atoms with E-state index in [-0.39, 0.29) is 0 Å². The maximum Gasteiger partial charge on any atom is 0.214 e. The van der Waals surface area contributed by atoms with Gasteiger partial charge in [-0.15, -0.1) is 0 Å². The van der Waals surface area contributed by atoms with Crippen molar-refractivity contribution in [2.75, 3.05) is 5.32 Å². The van der Waals surface area contributed by atoms with Crippen LogP contribution in [0.1, 0.15) is 5.69 Å². The Morgan fingerprint density at radius 2 is 1.85 bits per heavy atom. The fourth-order valence-corrected chi connectivity index (χ4v) is 1.87. The zero-order valence-electron chi connectivity index (χ0n) is 10.7. The Morgan fingerprint density at radius 1 is 1.00 bits per heavy atom. The summed E-state index contributed by atoms with van der Waals surface area (Å²) in [6.07, 6.45) is 1.89. The second-order valence-electron chi connectivity index (χ2n) is 4.29. The number of halogens is 1. The summed E-state index contributed by atoms with van der Waals surface area (Å²) in [5.41, 5.74) is 1.86. The predicted octanol–water partition coefficient (Wildman–Crippen LogP) is 3.02. The Kier molecular flexibility index (Phi) is 3.41. The van der Waals surface area contributed by atoms with Gasteiger partial charge in [-0.3, -0.25) is 0 Å². The smallest absolute Gasteiger partial charge is 0.214 e. The highest BCUT2D eigenvalue weighted by molar-refractivity contribution is 5.35. The molecule has 4 nitrogen and oxygen atoms in total. The third-order valence-electron chi connectivity index (χ3n) is 2.83. The molecule has 0 spiro atoms. The van der Waals surface area contributed by atoms with Crippen LogP contribution in [-0.2, 0) is 6.54 Å². The highest BCUT2D eigenvalue weighted by atomic mass is 19.1.